The number of fused-ring (bicyclic) bond motifs is 3. The summed E-state index contributed by atoms with van der Waals surface area (Å²) >= 11 is 0. The molecule has 104 valence electrons. The Kier molecular flexibility index (Phi) is 2.66. The molecule has 0 aromatic heterocycles. The van der Waals surface area contributed by atoms with Gasteiger partial charge in [0, 0.05) is 6.61 Å². The van der Waals surface area contributed by atoms with Crippen LogP contribution in [0.3, 0.4) is 0 Å². The Hall–Kier alpha value is -0.120. The van der Waals surface area contributed by atoms with E-state index in [-0.39, 0.29) is 17.9 Å². The molecule has 0 unspecified atom stereocenters. The maximum Gasteiger partial charge on any atom is 0.0908 e. The number of aliphatic hydroxyl groups excluding tert-OH is 2. The summed E-state index contributed by atoms with van der Waals surface area (Å²) in [5, 5.41) is 30.7. The molecule has 0 bridgehead atoms. The minimum Gasteiger partial charge on any atom is -0.396 e. The van der Waals surface area contributed by atoms with Crippen LogP contribution in [-0.4, -0.2) is 33.6 Å². The quantitative estimate of drug-likeness (QED) is 0.663. The van der Waals surface area contributed by atoms with E-state index < -0.39 is 11.7 Å². The van der Waals surface area contributed by atoms with Gasteiger partial charge in [-0.1, -0.05) is 20.3 Å². The van der Waals surface area contributed by atoms with Gasteiger partial charge in [-0.2, -0.15) is 0 Å². The average molecular weight is 254 g/mol. The lowest BCUT2D eigenvalue weighted by Gasteiger charge is -2.38. The second kappa shape index (κ2) is 3.71. The largest absolute Gasteiger partial charge is 0.396 e. The van der Waals surface area contributed by atoms with E-state index in [2.05, 4.69) is 13.8 Å². The van der Waals surface area contributed by atoms with Gasteiger partial charge in [0.1, 0.15) is 0 Å². The maximum absolute atomic E-state index is 10.7. The molecule has 3 aliphatic rings. The molecular formula is C15H26O3. The van der Waals surface area contributed by atoms with Gasteiger partial charge in [-0.25, -0.2) is 0 Å². The fraction of sp³-hybridized carbons (Fsp3) is 1.00. The van der Waals surface area contributed by atoms with Crippen molar-refractivity contribution in [1.82, 2.24) is 0 Å². The molecule has 3 aliphatic carbocycles. The van der Waals surface area contributed by atoms with E-state index >= 15 is 0 Å². The topological polar surface area (TPSA) is 60.7 Å². The number of rotatable bonds is 1. The predicted molar refractivity (Wildman–Crippen MR) is 68.8 cm³/mol. The molecule has 18 heavy (non-hydrogen) atoms. The van der Waals surface area contributed by atoms with Gasteiger partial charge in [-0.05, 0) is 54.8 Å². The van der Waals surface area contributed by atoms with E-state index in [0.29, 0.717) is 30.1 Å². The molecule has 0 spiro atoms. The summed E-state index contributed by atoms with van der Waals surface area (Å²) in [5.41, 5.74) is -0.960. The van der Waals surface area contributed by atoms with Crippen LogP contribution in [0.5, 0.6) is 0 Å². The molecule has 0 radical (unpaired) electrons. The highest BCUT2D eigenvalue weighted by molar-refractivity contribution is 5.18. The lowest BCUT2D eigenvalue weighted by Crippen LogP contribution is -2.48. The molecule has 8 atom stereocenters. The second-order valence-electron chi connectivity index (χ2n) is 7.51. The van der Waals surface area contributed by atoms with Gasteiger partial charge < -0.3 is 15.3 Å². The second-order valence-corrected chi connectivity index (χ2v) is 7.51. The van der Waals surface area contributed by atoms with Crippen LogP contribution in [0.4, 0.5) is 0 Å². The molecule has 0 aromatic rings. The first-order valence-corrected chi connectivity index (χ1v) is 7.35. The minimum atomic E-state index is -0.945. The van der Waals surface area contributed by atoms with Gasteiger partial charge in [-0.3, -0.25) is 0 Å². The van der Waals surface area contributed by atoms with Crippen LogP contribution >= 0.6 is 0 Å². The van der Waals surface area contributed by atoms with E-state index in [1.54, 1.807) is 0 Å². The van der Waals surface area contributed by atoms with Gasteiger partial charge in [0.15, 0.2) is 0 Å². The molecule has 0 aromatic carbocycles. The molecular weight excluding hydrogens is 228 g/mol. The molecule has 0 aliphatic heterocycles. The lowest BCUT2D eigenvalue weighted by atomic mass is 9.73. The number of hydrogen-bond acceptors (Lipinski definition) is 3. The smallest absolute Gasteiger partial charge is 0.0908 e. The number of hydrogen-bond donors (Lipinski definition) is 3. The first-order valence-electron chi connectivity index (χ1n) is 7.35. The lowest BCUT2D eigenvalue weighted by molar-refractivity contribution is -0.114. The minimum absolute atomic E-state index is 0.0149. The number of aliphatic hydroxyl groups is 3. The van der Waals surface area contributed by atoms with E-state index in [1.807, 2.05) is 6.92 Å². The van der Waals surface area contributed by atoms with Gasteiger partial charge in [0.05, 0.1) is 11.7 Å². The molecule has 0 saturated heterocycles. The molecule has 3 N–H and O–H groups in total. The van der Waals surface area contributed by atoms with Crippen molar-refractivity contribution in [2.24, 2.45) is 35.0 Å². The third kappa shape index (κ3) is 1.41. The molecule has 0 heterocycles. The molecule has 3 heteroatoms. The van der Waals surface area contributed by atoms with Crippen LogP contribution in [0.25, 0.3) is 0 Å². The van der Waals surface area contributed by atoms with Gasteiger partial charge in [-0.15, -0.1) is 0 Å². The highest BCUT2D eigenvalue weighted by Gasteiger charge is 2.70. The van der Waals surface area contributed by atoms with Crippen LogP contribution < -0.4 is 0 Å². The summed E-state index contributed by atoms with van der Waals surface area (Å²) in [7, 11) is 0. The highest BCUT2D eigenvalue weighted by atomic mass is 16.3. The monoisotopic (exact) mass is 254 g/mol. The summed E-state index contributed by atoms with van der Waals surface area (Å²) in [6.45, 7) is 6.45. The maximum atomic E-state index is 10.7. The van der Waals surface area contributed by atoms with Crippen LogP contribution in [-0.2, 0) is 0 Å². The fourth-order valence-corrected chi connectivity index (χ4v) is 5.28. The van der Waals surface area contributed by atoms with Crippen molar-refractivity contribution in [1.29, 1.82) is 0 Å². The Morgan fingerprint density at radius 2 is 1.83 bits per heavy atom. The Labute approximate surface area is 109 Å². The third-order valence-electron chi connectivity index (χ3n) is 6.65. The Balaban J connectivity index is 1.97. The van der Waals surface area contributed by atoms with E-state index in [1.165, 1.54) is 0 Å². The standard InChI is InChI=1S/C15H26O3/c1-8-4-5-9-12(8)13-10(14(13,2)7-16)6-11(17)15(9,3)18/h8-13,16-18H,4-7H2,1-3H3/t8-,9+,10-,11-,12-,13-,14+,15-/m0/s1. The molecule has 3 fully saturated rings. The highest BCUT2D eigenvalue weighted by Crippen LogP contribution is 2.71. The summed E-state index contributed by atoms with van der Waals surface area (Å²) in [5.74, 6) is 2.16. The first kappa shape index (κ1) is 12.9. The summed E-state index contributed by atoms with van der Waals surface area (Å²) in [6.07, 6.45) is 2.16. The Bertz CT molecular complexity index is 354. The van der Waals surface area contributed by atoms with E-state index in [4.69, 9.17) is 0 Å². The Morgan fingerprint density at radius 3 is 2.44 bits per heavy atom. The normalized spacial score (nSPS) is 63.0. The van der Waals surface area contributed by atoms with Crippen LogP contribution in [0, 0.1) is 35.0 Å². The van der Waals surface area contributed by atoms with Crippen LogP contribution in [0.2, 0.25) is 0 Å². The van der Waals surface area contributed by atoms with Crippen molar-refractivity contribution in [3.63, 3.8) is 0 Å². The average Bonchev–Trinajstić information content (AvgIpc) is 2.71. The van der Waals surface area contributed by atoms with Crippen LogP contribution in [0.1, 0.15) is 40.0 Å². The van der Waals surface area contributed by atoms with Gasteiger partial charge in [0.25, 0.3) is 0 Å². The van der Waals surface area contributed by atoms with E-state index in [0.717, 1.165) is 12.8 Å². The van der Waals surface area contributed by atoms with Crippen molar-refractivity contribution < 1.29 is 15.3 Å². The zero-order valence-electron chi connectivity index (χ0n) is 11.6. The van der Waals surface area contributed by atoms with Gasteiger partial charge >= 0.3 is 0 Å². The van der Waals surface area contributed by atoms with Crippen molar-refractivity contribution in [3.8, 4) is 0 Å². The Morgan fingerprint density at radius 1 is 1.17 bits per heavy atom. The zero-order chi connectivity index (χ0) is 13.3. The van der Waals surface area contributed by atoms with Crippen LogP contribution in [0.15, 0.2) is 0 Å². The SMILES string of the molecule is C[C@H]1CC[C@@H]2[C@H]1[C@@H]1[C@H](C[C@H](O)[C@@]2(C)O)[C@@]1(C)CO. The van der Waals surface area contributed by atoms with Crippen molar-refractivity contribution in [2.45, 2.75) is 51.7 Å². The van der Waals surface area contributed by atoms with E-state index in [9.17, 15) is 15.3 Å². The summed E-state index contributed by atoms with van der Waals surface area (Å²) in [4.78, 5) is 0. The predicted octanol–water partition coefficient (Wildman–Crippen LogP) is 1.41. The molecule has 0 amide bonds. The summed E-state index contributed by atoms with van der Waals surface area (Å²) in [6, 6.07) is 0. The van der Waals surface area contributed by atoms with Gasteiger partial charge in [0.2, 0.25) is 0 Å². The van der Waals surface area contributed by atoms with Crippen molar-refractivity contribution >= 4 is 0 Å². The van der Waals surface area contributed by atoms with Crippen molar-refractivity contribution in [2.75, 3.05) is 6.61 Å². The first-order chi connectivity index (χ1) is 8.34. The molecule has 3 saturated carbocycles. The fourth-order valence-electron chi connectivity index (χ4n) is 5.28. The zero-order valence-corrected chi connectivity index (χ0v) is 11.6. The molecule has 3 nitrogen and oxygen atoms in total. The summed E-state index contributed by atoms with van der Waals surface area (Å²) < 4.78 is 0. The molecule has 3 rings (SSSR count). The van der Waals surface area contributed by atoms with Crippen molar-refractivity contribution in [3.05, 3.63) is 0 Å². The third-order valence-corrected chi connectivity index (χ3v) is 6.65.